The van der Waals surface area contributed by atoms with Gasteiger partial charge in [-0.2, -0.15) is 0 Å². The third-order valence-corrected chi connectivity index (χ3v) is 13.0. The van der Waals surface area contributed by atoms with Gasteiger partial charge in [0, 0.05) is 41.0 Å². The number of aromatic nitrogens is 1. The summed E-state index contributed by atoms with van der Waals surface area (Å²) in [4.78, 5) is 4.03. The molecular weight excluding hydrogens is 681 g/mol. The number of hydrogen-bond acceptors (Lipinski definition) is 2. The summed E-state index contributed by atoms with van der Waals surface area (Å²) in [6, 6.07) is 61.3. The lowest BCUT2D eigenvalue weighted by molar-refractivity contribution is 1.20. The highest BCUT2D eigenvalue weighted by Gasteiger charge is 2.21. The topological polar surface area (TPSA) is 9.29 Å². The van der Waals surface area contributed by atoms with Gasteiger partial charge >= 0.3 is 0 Å². The van der Waals surface area contributed by atoms with Gasteiger partial charge in [0.1, 0.15) is 0 Å². The van der Waals surface area contributed by atoms with E-state index in [0.29, 0.717) is 5.69 Å². The molecule has 0 saturated heterocycles. The Morgan fingerprint density at radius 3 is 1.74 bits per heavy atom. The second-order valence-electron chi connectivity index (χ2n) is 13.5. The maximum Gasteiger partial charge on any atom is 0.204 e. The van der Waals surface area contributed by atoms with Crippen molar-refractivity contribution in [1.29, 1.82) is 0 Å². The molecule has 11 aromatic rings. The first-order valence-electron chi connectivity index (χ1n) is 17.7. The third kappa shape index (κ3) is 4.62. The van der Waals surface area contributed by atoms with E-state index in [0.717, 1.165) is 32.4 Å². The molecule has 4 heteroatoms. The van der Waals surface area contributed by atoms with E-state index in [2.05, 4.69) is 173 Å². The van der Waals surface area contributed by atoms with E-state index in [1.54, 1.807) is 11.3 Å². The summed E-state index contributed by atoms with van der Waals surface area (Å²) in [5.74, 6) is 0. The van der Waals surface area contributed by atoms with Gasteiger partial charge < -0.3 is 4.57 Å². The van der Waals surface area contributed by atoms with Crippen LogP contribution in [-0.2, 0) is 0 Å². The SMILES string of the molecule is [C-]#[N+]c1ccc(-c2ccc3c(c2)sc2ccccc23)c2c1sc1c(-n3c4ccc(-c5ccccc5)cc4c4cc(-c5ccccc5)ccc43)cccc12. The smallest absolute Gasteiger partial charge is 0.204 e. The monoisotopic (exact) mass is 708 g/mol. The van der Waals surface area contributed by atoms with Crippen LogP contribution in [0.3, 0.4) is 0 Å². The second kappa shape index (κ2) is 11.8. The van der Waals surface area contributed by atoms with E-state index in [9.17, 15) is 0 Å². The van der Waals surface area contributed by atoms with E-state index in [1.807, 2.05) is 17.4 Å². The lowest BCUT2D eigenvalue weighted by Gasteiger charge is -2.11. The number of fused-ring (bicyclic) bond motifs is 9. The Balaban J connectivity index is 1.18. The fourth-order valence-corrected chi connectivity index (χ4v) is 10.6. The van der Waals surface area contributed by atoms with Gasteiger partial charge in [-0.05, 0) is 81.2 Å². The molecule has 3 aromatic heterocycles. The molecule has 0 aliphatic heterocycles. The first-order chi connectivity index (χ1) is 26.2. The van der Waals surface area contributed by atoms with Crippen molar-refractivity contribution in [2.24, 2.45) is 0 Å². The lowest BCUT2D eigenvalue weighted by atomic mass is 9.97. The van der Waals surface area contributed by atoms with Crippen LogP contribution in [0.2, 0.25) is 0 Å². The van der Waals surface area contributed by atoms with Gasteiger partial charge in [0.15, 0.2) is 0 Å². The molecule has 0 unspecified atom stereocenters. The molecule has 0 aliphatic rings. The minimum atomic E-state index is 0.695. The van der Waals surface area contributed by atoms with Crippen molar-refractivity contribution in [3.63, 3.8) is 0 Å². The van der Waals surface area contributed by atoms with Crippen LogP contribution in [0, 0.1) is 6.57 Å². The summed E-state index contributed by atoms with van der Waals surface area (Å²) in [6.07, 6.45) is 0. The van der Waals surface area contributed by atoms with Gasteiger partial charge in [0.25, 0.3) is 0 Å². The van der Waals surface area contributed by atoms with Crippen LogP contribution in [0.15, 0.2) is 170 Å². The molecule has 0 atom stereocenters. The van der Waals surface area contributed by atoms with E-state index < -0.39 is 0 Å². The van der Waals surface area contributed by atoms with Crippen molar-refractivity contribution in [3.8, 4) is 39.1 Å². The molecule has 3 heterocycles. The van der Waals surface area contributed by atoms with Gasteiger partial charge in [-0.15, -0.1) is 22.7 Å². The Labute approximate surface area is 313 Å². The van der Waals surface area contributed by atoms with Gasteiger partial charge in [-0.1, -0.05) is 127 Å². The molecule has 0 spiro atoms. The molecule has 0 radical (unpaired) electrons. The van der Waals surface area contributed by atoms with Crippen LogP contribution in [0.5, 0.6) is 0 Å². The number of hydrogen-bond donors (Lipinski definition) is 0. The molecule has 0 N–H and O–H groups in total. The van der Waals surface area contributed by atoms with Crippen LogP contribution in [0.1, 0.15) is 0 Å². The maximum absolute atomic E-state index is 8.16. The Kier molecular flexibility index (Phi) is 6.69. The van der Waals surface area contributed by atoms with Crippen LogP contribution in [0.4, 0.5) is 5.69 Å². The van der Waals surface area contributed by atoms with E-state index in [-0.39, 0.29) is 0 Å². The van der Waals surface area contributed by atoms with E-state index in [1.165, 1.54) is 68.8 Å². The standard InChI is InChI=1S/C49H28N2S2/c1-50-41-24-23-35(34-19-22-37-36-15-8-9-18-45(36)52-46(37)29-34)47-38-16-10-17-44(48(38)53-49(41)47)51-42-25-20-32(30-11-4-2-5-12-30)27-39(42)40-28-33(21-26-43(40)51)31-13-6-3-7-14-31/h2-29H. The Hall–Kier alpha value is -6.51. The van der Waals surface area contributed by atoms with E-state index in [4.69, 9.17) is 6.57 Å². The summed E-state index contributed by atoms with van der Waals surface area (Å²) in [5.41, 5.74) is 11.3. The Bertz CT molecular complexity index is 3190. The first kappa shape index (κ1) is 30.1. The molecule has 0 bridgehead atoms. The quantitative estimate of drug-likeness (QED) is 0.161. The van der Waals surface area contributed by atoms with Crippen LogP contribution >= 0.6 is 22.7 Å². The van der Waals surface area contributed by atoms with Crippen LogP contribution in [-0.4, -0.2) is 4.57 Å². The average Bonchev–Trinajstić information content (AvgIpc) is 3.90. The van der Waals surface area contributed by atoms with E-state index >= 15 is 0 Å². The fourth-order valence-electron chi connectivity index (χ4n) is 8.17. The molecular formula is C49H28N2S2. The molecule has 0 amide bonds. The number of thiophene rings is 2. The first-order valence-corrected chi connectivity index (χ1v) is 19.3. The molecule has 53 heavy (non-hydrogen) atoms. The average molecular weight is 709 g/mol. The van der Waals surface area contributed by atoms with Crippen molar-refractivity contribution in [3.05, 3.63) is 181 Å². The highest BCUT2D eigenvalue weighted by molar-refractivity contribution is 7.27. The number of nitrogens with zero attached hydrogens (tertiary/aromatic N) is 2. The maximum atomic E-state index is 8.16. The predicted molar refractivity (Wildman–Crippen MR) is 229 cm³/mol. The molecule has 8 aromatic carbocycles. The number of rotatable bonds is 4. The summed E-state index contributed by atoms with van der Waals surface area (Å²) in [6.45, 7) is 8.16. The zero-order valence-corrected chi connectivity index (χ0v) is 30.0. The molecule has 0 aliphatic carbocycles. The molecule has 0 saturated carbocycles. The van der Waals surface area contributed by atoms with Crippen LogP contribution < -0.4 is 0 Å². The fraction of sp³-hybridized carbons (Fsp3) is 0. The normalized spacial score (nSPS) is 11.8. The third-order valence-electron chi connectivity index (χ3n) is 10.6. The number of benzene rings is 8. The molecule has 0 fully saturated rings. The van der Waals surface area contributed by atoms with Gasteiger partial charge in [0.05, 0.1) is 28.0 Å². The summed E-state index contributed by atoms with van der Waals surface area (Å²) in [7, 11) is 0. The molecule has 11 rings (SSSR count). The van der Waals surface area contributed by atoms with Crippen molar-refractivity contribution in [1.82, 2.24) is 4.57 Å². The van der Waals surface area contributed by atoms with Crippen molar-refractivity contribution >= 4 is 90.5 Å². The summed E-state index contributed by atoms with van der Waals surface area (Å²) < 4.78 is 7.24. The van der Waals surface area contributed by atoms with Gasteiger partial charge in [-0.25, -0.2) is 4.85 Å². The molecule has 2 nitrogen and oxygen atoms in total. The highest BCUT2D eigenvalue weighted by atomic mass is 32.1. The Morgan fingerprint density at radius 1 is 0.415 bits per heavy atom. The van der Waals surface area contributed by atoms with Crippen LogP contribution in [0.25, 0.3) is 106 Å². The largest absolute Gasteiger partial charge is 0.308 e. The van der Waals surface area contributed by atoms with Crippen molar-refractivity contribution in [2.45, 2.75) is 0 Å². The van der Waals surface area contributed by atoms with Gasteiger partial charge in [0.2, 0.25) is 5.69 Å². The zero-order valence-electron chi connectivity index (χ0n) is 28.4. The minimum Gasteiger partial charge on any atom is -0.308 e. The predicted octanol–water partition coefficient (Wildman–Crippen LogP) is 15.1. The molecule has 246 valence electrons. The van der Waals surface area contributed by atoms with Crippen molar-refractivity contribution in [2.75, 3.05) is 0 Å². The lowest BCUT2D eigenvalue weighted by Crippen LogP contribution is -1.94. The summed E-state index contributed by atoms with van der Waals surface area (Å²) >= 11 is 3.58. The summed E-state index contributed by atoms with van der Waals surface area (Å²) in [5, 5.41) is 7.36. The minimum absolute atomic E-state index is 0.695. The van der Waals surface area contributed by atoms with Gasteiger partial charge in [-0.3, -0.25) is 0 Å². The highest BCUT2D eigenvalue weighted by Crippen LogP contribution is 2.48. The van der Waals surface area contributed by atoms with Crippen molar-refractivity contribution < 1.29 is 0 Å². The zero-order chi connectivity index (χ0) is 35.0. The second-order valence-corrected chi connectivity index (χ2v) is 15.6. The Morgan fingerprint density at radius 2 is 1.04 bits per heavy atom.